The number of methoxy groups -OCH3 is 1. The summed E-state index contributed by atoms with van der Waals surface area (Å²) in [7, 11) is 1.64. The first-order chi connectivity index (χ1) is 10.6. The summed E-state index contributed by atoms with van der Waals surface area (Å²) >= 11 is 5.21. The Hall–Kier alpha value is -1.33. The smallest absolute Gasteiger partial charge is 0.220 e. The molecule has 0 aliphatic carbocycles. The minimum absolute atomic E-state index is 0.0172. The van der Waals surface area contributed by atoms with Crippen LogP contribution in [0, 0.1) is 0 Å². The van der Waals surface area contributed by atoms with Crippen LogP contribution >= 0.6 is 27.3 Å². The van der Waals surface area contributed by atoms with Gasteiger partial charge >= 0.3 is 0 Å². The molecule has 0 spiro atoms. The maximum atomic E-state index is 12.0. The third-order valence-electron chi connectivity index (χ3n) is 3.46. The molecule has 0 fully saturated rings. The number of carbonyl (C=O) groups excluding carboxylic acids is 1. The zero-order chi connectivity index (χ0) is 15.9. The fourth-order valence-electron chi connectivity index (χ4n) is 2.23. The van der Waals surface area contributed by atoms with E-state index in [2.05, 4.69) is 32.7 Å². The molecule has 0 aliphatic rings. The molecule has 0 saturated heterocycles. The summed E-state index contributed by atoms with van der Waals surface area (Å²) in [4.78, 5) is 13.4. The van der Waals surface area contributed by atoms with Crippen molar-refractivity contribution in [2.24, 2.45) is 0 Å². The highest BCUT2D eigenvalue weighted by molar-refractivity contribution is 9.10. The summed E-state index contributed by atoms with van der Waals surface area (Å²) in [5.74, 6) is 0.884. The lowest BCUT2D eigenvalue weighted by Gasteiger charge is -2.15. The van der Waals surface area contributed by atoms with Crippen LogP contribution in [0.4, 0.5) is 0 Å². The highest BCUT2D eigenvalue weighted by Gasteiger charge is 2.11. The standard InChI is InChI=1S/C17H20BrNO2S/c1-12(13-8-9-16(21-2)15(18)11-13)19-17(20)7-3-5-14-6-4-10-22-14/h4,6,8-12H,3,5,7H2,1-2H3,(H,19,20). The van der Waals surface area contributed by atoms with Gasteiger partial charge in [-0.3, -0.25) is 4.79 Å². The summed E-state index contributed by atoms with van der Waals surface area (Å²) in [6.45, 7) is 1.99. The third-order valence-corrected chi connectivity index (χ3v) is 5.02. The average Bonchev–Trinajstić information content (AvgIpc) is 3.00. The number of rotatable bonds is 7. The van der Waals surface area contributed by atoms with Crippen LogP contribution in [0.25, 0.3) is 0 Å². The van der Waals surface area contributed by atoms with Crippen molar-refractivity contribution >= 4 is 33.2 Å². The van der Waals surface area contributed by atoms with E-state index in [1.807, 2.05) is 31.2 Å². The van der Waals surface area contributed by atoms with Crippen molar-refractivity contribution in [3.05, 3.63) is 50.6 Å². The molecular formula is C17H20BrNO2S. The zero-order valence-corrected chi connectivity index (χ0v) is 15.2. The van der Waals surface area contributed by atoms with Crippen LogP contribution in [0.2, 0.25) is 0 Å². The molecule has 0 aliphatic heterocycles. The van der Waals surface area contributed by atoms with E-state index in [9.17, 15) is 4.79 Å². The predicted molar refractivity (Wildman–Crippen MR) is 94.5 cm³/mol. The second-order valence-corrected chi connectivity index (χ2v) is 7.00. The fraction of sp³-hybridized carbons (Fsp3) is 0.353. The fourth-order valence-corrected chi connectivity index (χ4v) is 3.54. The van der Waals surface area contributed by atoms with Gasteiger partial charge in [0.15, 0.2) is 0 Å². The van der Waals surface area contributed by atoms with E-state index >= 15 is 0 Å². The normalized spacial score (nSPS) is 12.0. The largest absolute Gasteiger partial charge is 0.496 e. The van der Waals surface area contributed by atoms with Gasteiger partial charge in [-0.2, -0.15) is 0 Å². The first-order valence-electron chi connectivity index (χ1n) is 7.25. The Balaban J connectivity index is 1.81. The summed E-state index contributed by atoms with van der Waals surface area (Å²) < 4.78 is 6.11. The summed E-state index contributed by atoms with van der Waals surface area (Å²) in [6, 6.07) is 9.99. The van der Waals surface area contributed by atoms with Gasteiger partial charge in [0.2, 0.25) is 5.91 Å². The number of benzene rings is 1. The Morgan fingerprint density at radius 3 is 2.86 bits per heavy atom. The molecule has 5 heteroatoms. The number of thiophene rings is 1. The first kappa shape index (κ1) is 17.0. The lowest BCUT2D eigenvalue weighted by atomic mass is 10.1. The third kappa shape index (κ3) is 4.85. The van der Waals surface area contributed by atoms with E-state index in [4.69, 9.17) is 4.74 Å². The van der Waals surface area contributed by atoms with Crippen LogP contribution in [-0.2, 0) is 11.2 Å². The first-order valence-corrected chi connectivity index (χ1v) is 8.92. The van der Waals surface area contributed by atoms with E-state index in [-0.39, 0.29) is 11.9 Å². The monoisotopic (exact) mass is 381 g/mol. The molecule has 2 rings (SSSR count). The highest BCUT2D eigenvalue weighted by Crippen LogP contribution is 2.28. The van der Waals surface area contributed by atoms with Gasteiger partial charge in [-0.15, -0.1) is 11.3 Å². The topological polar surface area (TPSA) is 38.3 Å². The molecule has 1 N–H and O–H groups in total. The SMILES string of the molecule is COc1ccc(C(C)NC(=O)CCCc2cccs2)cc1Br. The summed E-state index contributed by atoms with van der Waals surface area (Å²) in [6.07, 6.45) is 2.40. The molecule has 0 radical (unpaired) electrons. The van der Waals surface area contributed by atoms with Gasteiger partial charge < -0.3 is 10.1 Å². The second kappa shape index (κ2) is 8.34. The molecule has 1 heterocycles. The van der Waals surface area contributed by atoms with Gasteiger partial charge in [-0.1, -0.05) is 12.1 Å². The molecule has 1 atom stereocenters. The average molecular weight is 382 g/mol. The number of aryl methyl sites for hydroxylation is 1. The highest BCUT2D eigenvalue weighted by atomic mass is 79.9. The molecule has 1 amide bonds. The number of nitrogens with one attached hydrogen (secondary N) is 1. The zero-order valence-electron chi connectivity index (χ0n) is 12.8. The van der Waals surface area contributed by atoms with E-state index in [1.165, 1.54) is 4.88 Å². The molecular weight excluding hydrogens is 362 g/mol. The van der Waals surface area contributed by atoms with E-state index < -0.39 is 0 Å². The quantitative estimate of drug-likeness (QED) is 0.753. The molecule has 1 aromatic carbocycles. The lowest BCUT2D eigenvalue weighted by molar-refractivity contribution is -0.121. The molecule has 1 aromatic heterocycles. The van der Waals surface area contributed by atoms with Crippen molar-refractivity contribution in [2.45, 2.75) is 32.2 Å². The maximum Gasteiger partial charge on any atom is 0.220 e. The number of ether oxygens (including phenoxy) is 1. The van der Waals surface area contributed by atoms with Gasteiger partial charge in [0.05, 0.1) is 17.6 Å². The van der Waals surface area contributed by atoms with Crippen LogP contribution in [0.3, 0.4) is 0 Å². The Morgan fingerprint density at radius 2 is 2.23 bits per heavy atom. The lowest BCUT2D eigenvalue weighted by Crippen LogP contribution is -2.26. The van der Waals surface area contributed by atoms with Crippen molar-refractivity contribution in [3.8, 4) is 5.75 Å². The Bertz CT molecular complexity index is 613. The van der Waals surface area contributed by atoms with Gasteiger partial charge in [0, 0.05) is 11.3 Å². The van der Waals surface area contributed by atoms with E-state index in [1.54, 1.807) is 18.4 Å². The minimum Gasteiger partial charge on any atom is -0.496 e. The molecule has 22 heavy (non-hydrogen) atoms. The molecule has 0 bridgehead atoms. The van der Waals surface area contributed by atoms with Crippen LogP contribution < -0.4 is 10.1 Å². The van der Waals surface area contributed by atoms with Crippen molar-refractivity contribution in [3.63, 3.8) is 0 Å². The summed E-state index contributed by atoms with van der Waals surface area (Å²) in [5.41, 5.74) is 1.05. The molecule has 0 saturated carbocycles. The second-order valence-electron chi connectivity index (χ2n) is 5.12. The maximum absolute atomic E-state index is 12.0. The minimum atomic E-state index is -0.0172. The predicted octanol–water partition coefficient (Wildman–Crippen LogP) is 4.72. The number of hydrogen-bond acceptors (Lipinski definition) is 3. The van der Waals surface area contributed by atoms with Crippen LogP contribution in [0.15, 0.2) is 40.2 Å². The van der Waals surface area contributed by atoms with Crippen molar-refractivity contribution < 1.29 is 9.53 Å². The summed E-state index contributed by atoms with van der Waals surface area (Å²) in [5, 5.41) is 5.11. The number of amides is 1. The van der Waals surface area contributed by atoms with Crippen LogP contribution in [0.5, 0.6) is 5.75 Å². The Labute approximate surface area is 143 Å². The van der Waals surface area contributed by atoms with Crippen LogP contribution in [-0.4, -0.2) is 13.0 Å². The Morgan fingerprint density at radius 1 is 1.41 bits per heavy atom. The van der Waals surface area contributed by atoms with Crippen molar-refractivity contribution in [1.82, 2.24) is 5.32 Å². The molecule has 2 aromatic rings. The van der Waals surface area contributed by atoms with Gasteiger partial charge in [-0.05, 0) is 64.8 Å². The van der Waals surface area contributed by atoms with Crippen LogP contribution in [0.1, 0.15) is 36.2 Å². The number of carbonyl (C=O) groups is 1. The van der Waals surface area contributed by atoms with E-state index in [0.717, 1.165) is 28.6 Å². The molecule has 1 unspecified atom stereocenters. The van der Waals surface area contributed by atoms with Crippen molar-refractivity contribution in [1.29, 1.82) is 0 Å². The van der Waals surface area contributed by atoms with Crippen molar-refractivity contribution in [2.75, 3.05) is 7.11 Å². The van der Waals surface area contributed by atoms with Gasteiger partial charge in [-0.25, -0.2) is 0 Å². The Kier molecular flexibility index (Phi) is 6.46. The number of hydrogen-bond donors (Lipinski definition) is 1. The van der Waals surface area contributed by atoms with Gasteiger partial charge in [0.25, 0.3) is 0 Å². The molecule has 118 valence electrons. The molecule has 3 nitrogen and oxygen atoms in total. The van der Waals surface area contributed by atoms with E-state index in [0.29, 0.717) is 6.42 Å². The van der Waals surface area contributed by atoms with Gasteiger partial charge in [0.1, 0.15) is 5.75 Å². The number of halogens is 1.